The summed E-state index contributed by atoms with van der Waals surface area (Å²) in [7, 11) is 0. The number of nitrogens with zero attached hydrogens (tertiary/aromatic N) is 4. The van der Waals surface area contributed by atoms with E-state index in [2.05, 4.69) is 10.3 Å². The van der Waals surface area contributed by atoms with E-state index in [9.17, 15) is 4.79 Å². The Hall–Kier alpha value is -2.11. The fraction of sp³-hybridized carbons (Fsp3) is 0.562. The Labute approximate surface area is 130 Å². The Morgan fingerprint density at radius 3 is 2.73 bits per heavy atom. The van der Waals surface area contributed by atoms with Crippen LogP contribution in [0.1, 0.15) is 54.7 Å². The normalized spacial score (nSPS) is 19.6. The molecule has 0 radical (unpaired) electrons. The first-order valence-corrected chi connectivity index (χ1v) is 7.74. The van der Waals surface area contributed by atoms with E-state index < -0.39 is 0 Å². The monoisotopic (exact) mass is 302 g/mol. The smallest absolute Gasteiger partial charge is 0.247 e. The maximum absolute atomic E-state index is 12.9. The summed E-state index contributed by atoms with van der Waals surface area (Å²) in [6.45, 7) is 8.46. The van der Waals surface area contributed by atoms with Gasteiger partial charge in [0.15, 0.2) is 0 Å². The predicted octanol–water partition coefficient (Wildman–Crippen LogP) is 2.72. The second-order valence-electron chi connectivity index (χ2n) is 6.10. The molecule has 0 aromatic carbocycles. The van der Waals surface area contributed by atoms with Crippen molar-refractivity contribution in [3.63, 3.8) is 0 Å². The highest BCUT2D eigenvalue weighted by molar-refractivity contribution is 5.80. The van der Waals surface area contributed by atoms with Crippen LogP contribution >= 0.6 is 0 Å². The van der Waals surface area contributed by atoms with Crippen LogP contribution in [-0.4, -0.2) is 32.3 Å². The van der Waals surface area contributed by atoms with Crippen molar-refractivity contribution >= 4 is 5.91 Å². The lowest BCUT2D eigenvalue weighted by molar-refractivity contribution is -0.135. The molecule has 1 amide bonds. The Morgan fingerprint density at radius 1 is 1.36 bits per heavy atom. The minimum Gasteiger partial charge on any atom is -0.361 e. The molecule has 2 aromatic heterocycles. The van der Waals surface area contributed by atoms with Gasteiger partial charge in [0.1, 0.15) is 17.5 Å². The van der Waals surface area contributed by atoms with E-state index in [4.69, 9.17) is 4.52 Å². The summed E-state index contributed by atoms with van der Waals surface area (Å²) in [5.41, 5.74) is 2.79. The second kappa shape index (κ2) is 5.59. The van der Waals surface area contributed by atoms with Gasteiger partial charge in [0, 0.05) is 18.3 Å². The maximum Gasteiger partial charge on any atom is 0.247 e. The van der Waals surface area contributed by atoms with Crippen molar-refractivity contribution in [3.8, 4) is 0 Å². The quantitative estimate of drug-likeness (QED) is 0.874. The minimum atomic E-state index is -0.303. The predicted molar refractivity (Wildman–Crippen MR) is 81.3 cm³/mol. The zero-order valence-electron chi connectivity index (χ0n) is 13.5. The van der Waals surface area contributed by atoms with Crippen LogP contribution in [0.15, 0.2) is 16.7 Å². The van der Waals surface area contributed by atoms with Crippen LogP contribution in [0.5, 0.6) is 0 Å². The molecule has 2 aromatic rings. The lowest BCUT2D eigenvalue weighted by Gasteiger charge is -2.26. The van der Waals surface area contributed by atoms with Gasteiger partial charge >= 0.3 is 0 Å². The Balaban J connectivity index is 1.83. The lowest BCUT2D eigenvalue weighted by atomic mass is 10.1. The average Bonchev–Trinajstić information content (AvgIpc) is 3.17. The molecule has 22 heavy (non-hydrogen) atoms. The highest BCUT2D eigenvalue weighted by atomic mass is 16.5. The highest BCUT2D eigenvalue weighted by Crippen LogP contribution is 2.33. The fourth-order valence-corrected chi connectivity index (χ4v) is 3.26. The van der Waals surface area contributed by atoms with Gasteiger partial charge < -0.3 is 9.42 Å². The zero-order chi connectivity index (χ0) is 15.9. The van der Waals surface area contributed by atoms with E-state index in [0.717, 1.165) is 42.2 Å². The first-order chi connectivity index (χ1) is 10.5. The molecule has 1 aliphatic rings. The highest BCUT2D eigenvalue weighted by Gasteiger charge is 2.35. The third-order valence-electron chi connectivity index (χ3n) is 4.29. The van der Waals surface area contributed by atoms with Crippen LogP contribution < -0.4 is 0 Å². The van der Waals surface area contributed by atoms with Crippen molar-refractivity contribution in [3.05, 3.63) is 35.0 Å². The summed E-state index contributed by atoms with van der Waals surface area (Å²) < 4.78 is 6.97. The topological polar surface area (TPSA) is 64.2 Å². The first kappa shape index (κ1) is 14.8. The molecule has 1 fully saturated rings. The molecule has 0 bridgehead atoms. The van der Waals surface area contributed by atoms with E-state index in [-0.39, 0.29) is 18.0 Å². The van der Waals surface area contributed by atoms with Gasteiger partial charge in [-0.1, -0.05) is 5.16 Å². The summed E-state index contributed by atoms with van der Waals surface area (Å²) in [5.74, 6) is 0.871. The minimum absolute atomic E-state index is 0.0179. The van der Waals surface area contributed by atoms with Crippen molar-refractivity contribution in [2.24, 2.45) is 0 Å². The Bertz CT molecular complexity index is 688. The van der Waals surface area contributed by atoms with Gasteiger partial charge in [-0.05, 0) is 46.6 Å². The number of carbonyl (C=O) groups excluding carboxylic acids is 1. The van der Waals surface area contributed by atoms with Gasteiger partial charge in [0.05, 0.1) is 11.7 Å². The number of likely N-dealkylation sites (tertiary alicyclic amines) is 1. The third kappa shape index (κ3) is 2.53. The third-order valence-corrected chi connectivity index (χ3v) is 4.29. The molecule has 2 atom stereocenters. The van der Waals surface area contributed by atoms with Crippen LogP contribution in [0.25, 0.3) is 0 Å². The van der Waals surface area contributed by atoms with Crippen LogP contribution in [0.4, 0.5) is 0 Å². The van der Waals surface area contributed by atoms with Crippen molar-refractivity contribution in [1.29, 1.82) is 0 Å². The van der Waals surface area contributed by atoms with Gasteiger partial charge in [0.25, 0.3) is 0 Å². The van der Waals surface area contributed by atoms with Gasteiger partial charge in [0.2, 0.25) is 5.91 Å². The van der Waals surface area contributed by atoms with Gasteiger partial charge in [-0.15, -0.1) is 0 Å². The molecule has 0 aliphatic carbocycles. The zero-order valence-corrected chi connectivity index (χ0v) is 13.5. The standard InChI is InChI=1S/C16H22N4O2/c1-10-8-11(2)20(17-10)13(4)16(21)19-7-5-6-15(19)14-9-12(3)22-18-14/h8-9,13,15H,5-7H2,1-4H3/t13-,15+/m0/s1. The summed E-state index contributed by atoms with van der Waals surface area (Å²) >= 11 is 0. The number of aryl methyl sites for hydroxylation is 3. The summed E-state index contributed by atoms with van der Waals surface area (Å²) in [6, 6.07) is 3.63. The molecule has 3 rings (SSSR count). The van der Waals surface area contributed by atoms with E-state index >= 15 is 0 Å². The van der Waals surface area contributed by atoms with Crippen LogP contribution in [0, 0.1) is 20.8 Å². The molecular formula is C16H22N4O2. The Morgan fingerprint density at radius 2 is 2.14 bits per heavy atom. The van der Waals surface area contributed by atoms with Crippen LogP contribution in [0.3, 0.4) is 0 Å². The van der Waals surface area contributed by atoms with E-state index in [1.165, 1.54) is 0 Å². The van der Waals surface area contributed by atoms with Crippen molar-refractivity contribution in [1.82, 2.24) is 19.8 Å². The molecule has 3 heterocycles. The van der Waals surface area contributed by atoms with Crippen molar-refractivity contribution in [2.75, 3.05) is 6.54 Å². The molecular weight excluding hydrogens is 280 g/mol. The average molecular weight is 302 g/mol. The number of hydrogen-bond donors (Lipinski definition) is 0. The van der Waals surface area contributed by atoms with Crippen LogP contribution in [0.2, 0.25) is 0 Å². The first-order valence-electron chi connectivity index (χ1n) is 7.74. The maximum atomic E-state index is 12.9. The van der Waals surface area contributed by atoms with Crippen molar-refractivity contribution < 1.29 is 9.32 Å². The number of carbonyl (C=O) groups is 1. The second-order valence-corrected chi connectivity index (χ2v) is 6.10. The summed E-state index contributed by atoms with van der Waals surface area (Å²) in [6.07, 6.45) is 1.92. The molecule has 1 saturated heterocycles. The van der Waals surface area contributed by atoms with Crippen LogP contribution in [-0.2, 0) is 4.79 Å². The number of aromatic nitrogens is 3. The van der Waals surface area contributed by atoms with E-state index in [1.54, 1.807) is 4.68 Å². The molecule has 6 nitrogen and oxygen atoms in total. The molecule has 118 valence electrons. The van der Waals surface area contributed by atoms with E-state index in [0.29, 0.717) is 0 Å². The molecule has 1 aliphatic heterocycles. The lowest BCUT2D eigenvalue weighted by Crippen LogP contribution is -2.36. The molecule has 0 spiro atoms. The number of amides is 1. The van der Waals surface area contributed by atoms with E-state index in [1.807, 2.05) is 44.7 Å². The van der Waals surface area contributed by atoms with Crippen molar-refractivity contribution in [2.45, 2.75) is 52.6 Å². The molecule has 0 saturated carbocycles. The largest absolute Gasteiger partial charge is 0.361 e. The fourth-order valence-electron chi connectivity index (χ4n) is 3.26. The van der Waals surface area contributed by atoms with Gasteiger partial charge in [-0.3, -0.25) is 9.48 Å². The molecule has 6 heteroatoms. The summed E-state index contributed by atoms with van der Waals surface area (Å²) in [5, 5.41) is 8.53. The molecule has 0 N–H and O–H groups in total. The summed E-state index contributed by atoms with van der Waals surface area (Å²) in [4.78, 5) is 14.8. The van der Waals surface area contributed by atoms with Gasteiger partial charge in [-0.2, -0.15) is 5.10 Å². The Kier molecular flexibility index (Phi) is 3.76. The molecule has 0 unspecified atom stereocenters. The van der Waals surface area contributed by atoms with Gasteiger partial charge in [-0.25, -0.2) is 0 Å². The number of rotatable bonds is 3. The SMILES string of the molecule is Cc1cc(C)n([C@@H](C)C(=O)N2CCC[C@@H]2c2cc(C)on2)n1. The number of hydrogen-bond acceptors (Lipinski definition) is 4.